The van der Waals surface area contributed by atoms with Crippen LogP contribution in [-0.4, -0.2) is 29.3 Å². The van der Waals surface area contributed by atoms with Crippen molar-refractivity contribution in [2.24, 2.45) is 5.41 Å². The fourth-order valence-electron chi connectivity index (χ4n) is 2.52. The Bertz CT molecular complexity index is 407. The van der Waals surface area contributed by atoms with Crippen LogP contribution < -0.4 is 5.32 Å². The SMILES string of the molecule is O=C(O)c1ccc(NCC2(CO)CCCCC2)o1. The van der Waals surface area contributed by atoms with Crippen molar-refractivity contribution in [3.8, 4) is 0 Å². The van der Waals surface area contributed by atoms with Crippen molar-refractivity contribution >= 4 is 11.9 Å². The molecule has 1 aromatic heterocycles. The van der Waals surface area contributed by atoms with Crippen LogP contribution in [0, 0.1) is 5.41 Å². The van der Waals surface area contributed by atoms with Crippen molar-refractivity contribution in [2.75, 3.05) is 18.5 Å². The molecule has 0 atom stereocenters. The molecule has 0 unspecified atom stereocenters. The van der Waals surface area contributed by atoms with Crippen LogP contribution in [0.2, 0.25) is 0 Å². The van der Waals surface area contributed by atoms with Gasteiger partial charge in [-0.1, -0.05) is 19.3 Å². The lowest BCUT2D eigenvalue weighted by molar-refractivity contribution is 0.0663. The number of carboxylic acid groups (broad SMARTS) is 1. The number of furan rings is 1. The fourth-order valence-corrected chi connectivity index (χ4v) is 2.52. The summed E-state index contributed by atoms with van der Waals surface area (Å²) in [6.07, 6.45) is 5.51. The summed E-state index contributed by atoms with van der Waals surface area (Å²) in [5, 5.41) is 21.4. The van der Waals surface area contributed by atoms with Gasteiger partial charge in [-0.15, -0.1) is 0 Å². The van der Waals surface area contributed by atoms with E-state index < -0.39 is 5.97 Å². The molecule has 18 heavy (non-hydrogen) atoms. The maximum absolute atomic E-state index is 10.7. The van der Waals surface area contributed by atoms with Crippen LogP contribution in [0.4, 0.5) is 5.88 Å². The standard InChI is InChI=1S/C13H19NO4/c15-9-13(6-2-1-3-7-13)8-14-11-5-4-10(18-11)12(16)17/h4-5,14-15H,1-3,6-9H2,(H,16,17). The highest BCUT2D eigenvalue weighted by Crippen LogP contribution is 2.36. The third-order valence-corrected chi connectivity index (χ3v) is 3.70. The number of aliphatic hydroxyl groups excluding tert-OH is 1. The van der Waals surface area contributed by atoms with Gasteiger partial charge in [0.1, 0.15) is 0 Å². The third-order valence-electron chi connectivity index (χ3n) is 3.70. The van der Waals surface area contributed by atoms with Crippen LogP contribution in [0.1, 0.15) is 42.7 Å². The zero-order valence-corrected chi connectivity index (χ0v) is 10.3. The Morgan fingerprint density at radius 2 is 2.06 bits per heavy atom. The first-order valence-electron chi connectivity index (χ1n) is 6.33. The summed E-state index contributed by atoms with van der Waals surface area (Å²) in [4.78, 5) is 10.7. The van der Waals surface area contributed by atoms with Gasteiger partial charge in [0.2, 0.25) is 5.76 Å². The Labute approximate surface area is 106 Å². The van der Waals surface area contributed by atoms with Gasteiger partial charge in [-0.05, 0) is 18.9 Å². The monoisotopic (exact) mass is 253 g/mol. The Balaban J connectivity index is 1.94. The molecule has 1 aromatic rings. The molecule has 1 fully saturated rings. The number of nitrogens with one attached hydrogen (secondary N) is 1. The van der Waals surface area contributed by atoms with E-state index in [-0.39, 0.29) is 17.8 Å². The topological polar surface area (TPSA) is 82.7 Å². The zero-order chi connectivity index (χ0) is 13.0. The number of hydrogen-bond donors (Lipinski definition) is 3. The van der Waals surface area contributed by atoms with E-state index in [1.165, 1.54) is 12.5 Å². The molecule has 1 saturated carbocycles. The lowest BCUT2D eigenvalue weighted by atomic mass is 9.74. The number of aliphatic hydroxyl groups is 1. The van der Waals surface area contributed by atoms with Crippen LogP contribution in [0.25, 0.3) is 0 Å². The predicted octanol–water partition coefficient (Wildman–Crippen LogP) is 2.33. The van der Waals surface area contributed by atoms with Crippen LogP contribution in [0.5, 0.6) is 0 Å². The van der Waals surface area contributed by atoms with Crippen molar-refractivity contribution in [1.82, 2.24) is 0 Å². The van der Waals surface area contributed by atoms with Crippen molar-refractivity contribution in [2.45, 2.75) is 32.1 Å². The summed E-state index contributed by atoms with van der Waals surface area (Å²) in [5.41, 5.74) is -0.0889. The highest BCUT2D eigenvalue weighted by atomic mass is 16.4. The molecule has 0 saturated heterocycles. The molecule has 5 nitrogen and oxygen atoms in total. The maximum Gasteiger partial charge on any atom is 0.371 e. The molecule has 1 aliphatic carbocycles. The van der Waals surface area contributed by atoms with Crippen molar-refractivity contribution in [1.29, 1.82) is 0 Å². The van der Waals surface area contributed by atoms with E-state index in [0.717, 1.165) is 25.7 Å². The number of anilines is 1. The van der Waals surface area contributed by atoms with Crippen molar-refractivity contribution < 1.29 is 19.4 Å². The van der Waals surface area contributed by atoms with Crippen LogP contribution in [0.15, 0.2) is 16.5 Å². The quantitative estimate of drug-likeness (QED) is 0.750. The second-order valence-corrected chi connectivity index (χ2v) is 5.04. The van der Waals surface area contributed by atoms with E-state index in [9.17, 15) is 9.90 Å². The molecule has 0 aliphatic heterocycles. The molecule has 3 N–H and O–H groups in total. The van der Waals surface area contributed by atoms with Crippen molar-refractivity contribution in [3.05, 3.63) is 17.9 Å². The summed E-state index contributed by atoms with van der Waals surface area (Å²) in [6, 6.07) is 3.04. The number of carbonyl (C=O) groups is 1. The van der Waals surface area contributed by atoms with Crippen LogP contribution in [-0.2, 0) is 0 Å². The summed E-state index contributed by atoms with van der Waals surface area (Å²) in [5.74, 6) is -0.692. The van der Waals surface area contributed by atoms with Gasteiger partial charge in [-0.2, -0.15) is 0 Å². The van der Waals surface area contributed by atoms with E-state index in [4.69, 9.17) is 9.52 Å². The zero-order valence-electron chi connectivity index (χ0n) is 10.3. The van der Waals surface area contributed by atoms with Gasteiger partial charge in [0.15, 0.2) is 5.88 Å². The van der Waals surface area contributed by atoms with E-state index in [0.29, 0.717) is 12.4 Å². The first-order valence-corrected chi connectivity index (χ1v) is 6.33. The average Bonchev–Trinajstić information content (AvgIpc) is 2.87. The highest BCUT2D eigenvalue weighted by molar-refractivity contribution is 5.84. The minimum atomic E-state index is -1.07. The third kappa shape index (κ3) is 2.85. The van der Waals surface area contributed by atoms with Gasteiger partial charge in [-0.3, -0.25) is 0 Å². The van der Waals surface area contributed by atoms with E-state index in [1.54, 1.807) is 6.07 Å². The van der Waals surface area contributed by atoms with E-state index >= 15 is 0 Å². The van der Waals surface area contributed by atoms with E-state index in [1.807, 2.05) is 0 Å². The minimum Gasteiger partial charge on any atom is -0.475 e. The maximum atomic E-state index is 10.7. The molecule has 1 aliphatic rings. The molecular formula is C13H19NO4. The van der Waals surface area contributed by atoms with Gasteiger partial charge in [-0.25, -0.2) is 4.79 Å². The minimum absolute atomic E-state index is 0.0702. The first kappa shape index (κ1) is 13.0. The number of aromatic carboxylic acids is 1. The van der Waals surface area contributed by atoms with E-state index in [2.05, 4.69) is 5.32 Å². The molecule has 0 bridgehead atoms. The van der Waals surface area contributed by atoms with Gasteiger partial charge in [0.05, 0.1) is 6.61 Å². The number of carboxylic acids is 1. The summed E-state index contributed by atoms with van der Waals surface area (Å²) in [7, 11) is 0. The summed E-state index contributed by atoms with van der Waals surface area (Å²) >= 11 is 0. The lowest BCUT2D eigenvalue weighted by Gasteiger charge is -2.35. The molecule has 0 radical (unpaired) electrons. The molecular weight excluding hydrogens is 234 g/mol. The molecule has 100 valence electrons. The molecule has 0 amide bonds. The average molecular weight is 253 g/mol. The van der Waals surface area contributed by atoms with Gasteiger partial charge >= 0.3 is 5.97 Å². The predicted molar refractivity (Wildman–Crippen MR) is 66.8 cm³/mol. The molecule has 5 heteroatoms. The molecule has 1 heterocycles. The Morgan fingerprint density at radius 1 is 1.33 bits per heavy atom. The number of hydrogen-bond acceptors (Lipinski definition) is 4. The summed E-state index contributed by atoms with van der Waals surface area (Å²) in [6.45, 7) is 0.780. The fraction of sp³-hybridized carbons (Fsp3) is 0.615. The van der Waals surface area contributed by atoms with Crippen molar-refractivity contribution in [3.63, 3.8) is 0 Å². The van der Waals surface area contributed by atoms with Gasteiger partial charge in [0, 0.05) is 18.0 Å². The molecule has 0 aromatic carbocycles. The van der Waals surface area contributed by atoms with Gasteiger partial charge < -0.3 is 19.9 Å². The Morgan fingerprint density at radius 3 is 2.61 bits per heavy atom. The summed E-state index contributed by atoms with van der Waals surface area (Å²) < 4.78 is 5.13. The second-order valence-electron chi connectivity index (χ2n) is 5.04. The molecule has 0 spiro atoms. The Hall–Kier alpha value is -1.49. The lowest BCUT2D eigenvalue weighted by Crippen LogP contribution is -2.35. The first-order chi connectivity index (χ1) is 8.65. The van der Waals surface area contributed by atoms with Crippen LogP contribution in [0.3, 0.4) is 0 Å². The normalized spacial score (nSPS) is 18.5. The van der Waals surface area contributed by atoms with Gasteiger partial charge in [0.25, 0.3) is 0 Å². The molecule has 2 rings (SSSR count). The second kappa shape index (κ2) is 5.44. The highest BCUT2D eigenvalue weighted by Gasteiger charge is 2.31. The smallest absolute Gasteiger partial charge is 0.371 e. The van der Waals surface area contributed by atoms with Crippen LogP contribution >= 0.6 is 0 Å². The Kier molecular flexibility index (Phi) is 3.91. The number of rotatable bonds is 5. The largest absolute Gasteiger partial charge is 0.475 e.